The normalized spacial score (nSPS) is 10.9. The van der Waals surface area contributed by atoms with E-state index in [0.717, 1.165) is 39.0 Å². The van der Waals surface area contributed by atoms with Crippen molar-refractivity contribution in [3.8, 4) is 22.6 Å². The summed E-state index contributed by atoms with van der Waals surface area (Å²) in [6, 6.07) is 12.0. The van der Waals surface area contributed by atoms with Gasteiger partial charge in [-0.2, -0.15) is 0 Å². The van der Waals surface area contributed by atoms with E-state index < -0.39 is 0 Å². The lowest BCUT2D eigenvalue weighted by Gasteiger charge is -2.12. The number of ether oxygens (including phenoxy) is 2. The number of aromatic nitrogens is 1. The minimum atomic E-state index is -0.0994. The zero-order valence-corrected chi connectivity index (χ0v) is 12.9. The fourth-order valence-corrected chi connectivity index (χ4v) is 2.97. The van der Waals surface area contributed by atoms with Gasteiger partial charge in [0, 0.05) is 22.9 Å². The van der Waals surface area contributed by atoms with Crippen molar-refractivity contribution in [1.82, 2.24) is 4.98 Å². The molecule has 1 aromatic heterocycles. The van der Waals surface area contributed by atoms with Crippen LogP contribution >= 0.6 is 0 Å². The first-order chi connectivity index (χ1) is 10.7. The maximum atomic E-state index is 9.74. The molecule has 4 heteroatoms. The van der Waals surface area contributed by atoms with Gasteiger partial charge < -0.3 is 19.6 Å². The molecular formula is C18H19NO3. The summed E-state index contributed by atoms with van der Waals surface area (Å²) in [7, 11) is 3.23. The van der Waals surface area contributed by atoms with Gasteiger partial charge in [-0.15, -0.1) is 0 Å². The minimum Gasteiger partial charge on any atom is -0.496 e. The van der Waals surface area contributed by atoms with E-state index in [1.807, 2.05) is 31.2 Å². The molecule has 3 aromatic rings. The number of aliphatic hydroxyl groups is 1. The maximum absolute atomic E-state index is 9.74. The van der Waals surface area contributed by atoms with Gasteiger partial charge >= 0.3 is 0 Å². The molecule has 3 rings (SSSR count). The van der Waals surface area contributed by atoms with Crippen molar-refractivity contribution in [2.75, 3.05) is 14.2 Å². The third-order valence-corrected chi connectivity index (χ3v) is 3.96. The van der Waals surface area contributed by atoms with Crippen molar-refractivity contribution in [2.24, 2.45) is 0 Å². The van der Waals surface area contributed by atoms with Crippen LogP contribution in [0, 0.1) is 6.92 Å². The Labute approximate surface area is 129 Å². The van der Waals surface area contributed by atoms with Crippen LogP contribution in [0.2, 0.25) is 0 Å². The number of aliphatic hydroxyl groups excluding tert-OH is 1. The SMILES string of the molecule is COc1cc(OC)c2c(-c3ccccc3)c(C)[nH]c2c1CO. The Hall–Kier alpha value is -2.46. The summed E-state index contributed by atoms with van der Waals surface area (Å²) in [6.45, 7) is 1.92. The van der Waals surface area contributed by atoms with E-state index in [2.05, 4.69) is 17.1 Å². The number of fused-ring (bicyclic) bond motifs is 1. The number of hydrogen-bond acceptors (Lipinski definition) is 3. The van der Waals surface area contributed by atoms with Gasteiger partial charge in [0.2, 0.25) is 0 Å². The standard InChI is InChI=1S/C18H19NO3/c1-11-16(12-7-5-4-6-8-12)17-15(22-3)9-14(21-2)13(10-20)18(17)19-11/h4-9,19-20H,10H2,1-3H3. The Balaban J connectivity index is 2.42. The molecule has 0 spiro atoms. The zero-order chi connectivity index (χ0) is 15.7. The predicted molar refractivity (Wildman–Crippen MR) is 87.5 cm³/mol. The van der Waals surface area contributed by atoms with Gasteiger partial charge in [-0.05, 0) is 12.5 Å². The Morgan fingerprint density at radius 2 is 1.73 bits per heavy atom. The highest BCUT2D eigenvalue weighted by molar-refractivity contribution is 6.04. The van der Waals surface area contributed by atoms with Crippen LogP contribution in [0.15, 0.2) is 36.4 Å². The van der Waals surface area contributed by atoms with Gasteiger partial charge in [-0.25, -0.2) is 0 Å². The molecule has 0 aliphatic carbocycles. The van der Waals surface area contributed by atoms with Gasteiger partial charge in [-0.3, -0.25) is 0 Å². The van der Waals surface area contributed by atoms with Crippen molar-refractivity contribution in [1.29, 1.82) is 0 Å². The van der Waals surface area contributed by atoms with Crippen molar-refractivity contribution in [3.05, 3.63) is 47.7 Å². The molecule has 114 valence electrons. The summed E-state index contributed by atoms with van der Waals surface area (Å²) < 4.78 is 10.9. The monoisotopic (exact) mass is 297 g/mol. The highest BCUT2D eigenvalue weighted by Crippen LogP contribution is 2.42. The Morgan fingerprint density at radius 3 is 2.32 bits per heavy atom. The zero-order valence-electron chi connectivity index (χ0n) is 12.9. The highest BCUT2D eigenvalue weighted by Gasteiger charge is 2.20. The van der Waals surface area contributed by atoms with Crippen molar-refractivity contribution >= 4 is 10.9 Å². The number of aromatic amines is 1. The summed E-state index contributed by atoms with van der Waals surface area (Å²) >= 11 is 0. The lowest BCUT2D eigenvalue weighted by Crippen LogP contribution is -1.96. The van der Waals surface area contributed by atoms with E-state index in [1.165, 1.54) is 0 Å². The predicted octanol–water partition coefficient (Wildman–Crippen LogP) is 3.65. The quantitative estimate of drug-likeness (QED) is 0.773. The molecule has 0 aliphatic heterocycles. The molecule has 0 aliphatic rings. The van der Waals surface area contributed by atoms with E-state index in [0.29, 0.717) is 5.75 Å². The maximum Gasteiger partial charge on any atom is 0.132 e. The van der Waals surface area contributed by atoms with Crippen LogP contribution in [-0.2, 0) is 6.61 Å². The molecule has 4 nitrogen and oxygen atoms in total. The average Bonchev–Trinajstić information content (AvgIpc) is 2.90. The smallest absolute Gasteiger partial charge is 0.132 e. The molecule has 2 N–H and O–H groups in total. The van der Waals surface area contributed by atoms with Crippen LogP contribution in [-0.4, -0.2) is 24.3 Å². The second kappa shape index (κ2) is 5.73. The lowest BCUT2D eigenvalue weighted by molar-refractivity contribution is 0.275. The Kier molecular flexibility index (Phi) is 3.77. The molecule has 0 fully saturated rings. The Bertz CT molecular complexity index is 806. The van der Waals surface area contributed by atoms with Gasteiger partial charge in [0.15, 0.2) is 0 Å². The van der Waals surface area contributed by atoms with E-state index in [1.54, 1.807) is 14.2 Å². The largest absolute Gasteiger partial charge is 0.496 e. The molecule has 0 atom stereocenters. The second-order valence-corrected chi connectivity index (χ2v) is 5.16. The molecular weight excluding hydrogens is 278 g/mol. The van der Waals surface area contributed by atoms with E-state index >= 15 is 0 Å². The van der Waals surface area contributed by atoms with Crippen LogP contribution in [0.1, 0.15) is 11.3 Å². The van der Waals surface area contributed by atoms with E-state index in [-0.39, 0.29) is 6.61 Å². The van der Waals surface area contributed by atoms with Gasteiger partial charge in [-0.1, -0.05) is 30.3 Å². The summed E-state index contributed by atoms with van der Waals surface area (Å²) in [5.41, 5.74) is 4.82. The van der Waals surface area contributed by atoms with Crippen LogP contribution in [0.3, 0.4) is 0 Å². The molecule has 0 amide bonds. The summed E-state index contributed by atoms with van der Waals surface area (Å²) in [5, 5.41) is 10.7. The van der Waals surface area contributed by atoms with Crippen LogP contribution in [0.4, 0.5) is 0 Å². The number of methoxy groups -OCH3 is 2. The fraction of sp³-hybridized carbons (Fsp3) is 0.222. The highest BCUT2D eigenvalue weighted by atomic mass is 16.5. The number of aryl methyl sites for hydroxylation is 1. The summed E-state index contributed by atoms with van der Waals surface area (Å²) in [5.74, 6) is 1.35. The first-order valence-corrected chi connectivity index (χ1v) is 7.13. The van der Waals surface area contributed by atoms with Gasteiger partial charge in [0.1, 0.15) is 11.5 Å². The number of hydrogen-bond donors (Lipinski definition) is 2. The van der Waals surface area contributed by atoms with Crippen molar-refractivity contribution < 1.29 is 14.6 Å². The lowest BCUT2D eigenvalue weighted by atomic mass is 10.00. The van der Waals surface area contributed by atoms with Crippen molar-refractivity contribution in [2.45, 2.75) is 13.5 Å². The number of rotatable bonds is 4. The van der Waals surface area contributed by atoms with E-state index in [4.69, 9.17) is 9.47 Å². The minimum absolute atomic E-state index is 0.0994. The molecule has 1 heterocycles. The molecule has 0 unspecified atom stereocenters. The molecule has 0 saturated heterocycles. The first-order valence-electron chi connectivity index (χ1n) is 7.13. The number of nitrogens with one attached hydrogen (secondary N) is 1. The van der Waals surface area contributed by atoms with Gasteiger partial charge in [0.25, 0.3) is 0 Å². The Morgan fingerprint density at radius 1 is 1.05 bits per heavy atom. The molecule has 2 aromatic carbocycles. The second-order valence-electron chi connectivity index (χ2n) is 5.16. The molecule has 0 bridgehead atoms. The fourth-order valence-electron chi connectivity index (χ4n) is 2.97. The third-order valence-electron chi connectivity index (χ3n) is 3.96. The van der Waals surface area contributed by atoms with Crippen LogP contribution < -0.4 is 9.47 Å². The van der Waals surface area contributed by atoms with Crippen LogP contribution in [0.5, 0.6) is 11.5 Å². The van der Waals surface area contributed by atoms with Crippen LogP contribution in [0.25, 0.3) is 22.0 Å². The first kappa shape index (κ1) is 14.5. The number of H-pyrrole nitrogens is 1. The third kappa shape index (κ3) is 2.12. The van der Waals surface area contributed by atoms with Gasteiger partial charge in [0.05, 0.1) is 31.7 Å². The molecule has 0 saturated carbocycles. The average molecular weight is 297 g/mol. The summed E-state index contributed by atoms with van der Waals surface area (Å²) in [6.07, 6.45) is 0. The topological polar surface area (TPSA) is 54.5 Å². The molecule has 22 heavy (non-hydrogen) atoms. The summed E-state index contributed by atoms with van der Waals surface area (Å²) in [4.78, 5) is 3.37. The van der Waals surface area contributed by atoms with E-state index in [9.17, 15) is 5.11 Å². The molecule has 0 radical (unpaired) electrons. The van der Waals surface area contributed by atoms with Crippen molar-refractivity contribution in [3.63, 3.8) is 0 Å². The number of benzene rings is 2.